The minimum Gasteiger partial charge on any atom is -0.369 e. The number of halogens is 3. The van der Waals surface area contributed by atoms with Crippen LogP contribution in [0.5, 0.6) is 0 Å². The molecule has 1 heterocycles. The van der Waals surface area contributed by atoms with Crippen LogP contribution in [-0.4, -0.2) is 26.2 Å². The first-order valence-electron chi connectivity index (χ1n) is 5.88. The Kier molecular flexibility index (Phi) is 3.77. The number of nitrogens with one attached hydrogen (secondary N) is 1. The summed E-state index contributed by atoms with van der Waals surface area (Å²) in [5, 5.41) is 3.17. The smallest absolute Gasteiger partial charge is 0.369 e. The molecule has 0 aromatic heterocycles. The average Bonchev–Trinajstić information content (AvgIpc) is 2.38. The highest BCUT2D eigenvalue weighted by atomic mass is 19.4. The molecular formula is C12H16F3N3. The van der Waals surface area contributed by atoms with Crippen molar-refractivity contribution >= 4 is 5.69 Å². The first-order chi connectivity index (χ1) is 8.52. The van der Waals surface area contributed by atoms with E-state index in [9.17, 15) is 13.2 Å². The van der Waals surface area contributed by atoms with E-state index in [-0.39, 0.29) is 12.1 Å². The largest absolute Gasteiger partial charge is 0.416 e. The molecule has 6 heteroatoms. The van der Waals surface area contributed by atoms with E-state index in [4.69, 9.17) is 5.73 Å². The number of alkyl halides is 3. The van der Waals surface area contributed by atoms with Crippen molar-refractivity contribution in [1.29, 1.82) is 0 Å². The van der Waals surface area contributed by atoms with E-state index < -0.39 is 11.7 Å². The highest BCUT2D eigenvalue weighted by molar-refractivity contribution is 5.52. The molecule has 1 aliphatic rings. The summed E-state index contributed by atoms with van der Waals surface area (Å²) in [6, 6.07) is 4.39. The number of nitrogens with two attached hydrogens (primary N) is 1. The van der Waals surface area contributed by atoms with Crippen LogP contribution in [0.25, 0.3) is 0 Å². The third kappa shape index (κ3) is 2.76. The molecule has 1 saturated heterocycles. The van der Waals surface area contributed by atoms with Crippen LogP contribution < -0.4 is 16.0 Å². The molecule has 3 N–H and O–H groups in total. The molecule has 2 rings (SSSR count). The van der Waals surface area contributed by atoms with Gasteiger partial charge in [0.25, 0.3) is 0 Å². The predicted molar refractivity (Wildman–Crippen MR) is 64.4 cm³/mol. The number of piperazine rings is 1. The number of hydrogen-bond acceptors (Lipinski definition) is 3. The lowest BCUT2D eigenvalue weighted by Gasteiger charge is -2.30. The Hall–Kier alpha value is -1.27. The van der Waals surface area contributed by atoms with Crippen LogP contribution in [0.15, 0.2) is 18.2 Å². The van der Waals surface area contributed by atoms with Gasteiger partial charge in [0.1, 0.15) is 0 Å². The second-order valence-corrected chi connectivity index (χ2v) is 4.28. The van der Waals surface area contributed by atoms with Crippen LogP contribution in [0.1, 0.15) is 11.1 Å². The second-order valence-electron chi connectivity index (χ2n) is 4.28. The van der Waals surface area contributed by atoms with E-state index in [0.717, 1.165) is 26.2 Å². The standard InChI is InChI=1S/C12H16F3N3/c13-12(14,15)11-7-10(2-1-9(11)8-16)18-5-3-17-4-6-18/h1-2,7,17H,3-6,8,16H2. The van der Waals surface area contributed by atoms with E-state index in [1.165, 1.54) is 12.1 Å². The highest BCUT2D eigenvalue weighted by Crippen LogP contribution is 2.34. The molecule has 0 bridgehead atoms. The van der Waals surface area contributed by atoms with Crippen molar-refractivity contribution in [2.24, 2.45) is 5.73 Å². The normalized spacial score (nSPS) is 17.0. The average molecular weight is 259 g/mol. The minimum atomic E-state index is -4.35. The number of benzene rings is 1. The monoisotopic (exact) mass is 259 g/mol. The van der Waals surface area contributed by atoms with Crippen molar-refractivity contribution in [2.75, 3.05) is 31.1 Å². The van der Waals surface area contributed by atoms with Gasteiger partial charge in [0.2, 0.25) is 0 Å². The molecule has 100 valence electrons. The molecule has 3 nitrogen and oxygen atoms in total. The van der Waals surface area contributed by atoms with E-state index in [2.05, 4.69) is 5.32 Å². The van der Waals surface area contributed by atoms with E-state index in [0.29, 0.717) is 5.69 Å². The van der Waals surface area contributed by atoms with Gasteiger partial charge in [-0.2, -0.15) is 13.2 Å². The molecule has 1 aromatic carbocycles. The molecule has 0 amide bonds. The quantitative estimate of drug-likeness (QED) is 0.847. The Morgan fingerprint density at radius 3 is 2.44 bits per heavy atom. The van der Waals surface area contributed by atoms with Gasteiger partial charge in [-0.25, -0.2) is 0 Å². The number of hydrogen-bond donors (Lipinski definition) is 2. The van der Waals surface area contributed by atoms with Crippen LogP contribution >= 0.6 is 0 Å². The summed E-state index contributed by atoms with van der Waals surface area (Å²) in [6.07, 6.45) is -4.35. The van der Waals surface area contributed by atoms with Crippen molar-refractivity contribution in [2.45, 2.75) is 12.7 Å². The summed E-state index contributed by atoms with van der Waals surface area (Å²) >= 11 is 0. The third-order valence-electron chi connectivity index (χ3n) is 3.10. The van der Waals surface area contributed by atoms with Crippen LogP contribution in [0.2, 0.25) is 0 Å². The van der Waals surface area contributed by atoms with Crippen LogP contribution in [0.4, 0.5) is 18.9 Å². The van der Waals surface area contributed by atoms with Crippen molar-refractivity contribution < 1.29 is 13.2 Å². The van der Waals surface area contributed by atoms with Gasteiger partial charge in [-0.05, 0) is 17.7 Å². The molecule has 0 atom stereocenters. The highest BCUT2D eigenvalue weighted by Gasteiger charge is 2.33. The Morgan fingerprint density at radius 2 is 1.89 bits per heavy atom. The number of nitrogens with zero attached hydrogens (tertiary/aromatic N) is 1. The van der Waals surface area contributed by atoms with E-state index in [1.54, 1.807) is 6.07 Å². The minimum absolute atomic E-state index is 0.101. The molecule has 0 saturated carbocycles. The van der Waals surface area contributed by atoms with Crippen LogP contribution in [-0.2, 0) is 12.7 Å². The SMILES string of the molecule is NCc1ccc(N2CCNCC2)cc1C(F)(F)F. The lowest BCUT2D eigenvalue weighted by atomic mass is 10.1. The van der Waals surface area contributed by atoms with Gasteiger partial charge in [0, 0.05) is 38.4 Å². The molecule has 0 radical (unpaired) electrons. The van der Waals surface area contributed by atoms with Crippen LogP contribution in [0, 0.1) is 0 Å². The Labute approximate surface area is 104 Å². The van der Waals surface area contributed by atoms with E-state index >= 15 is 0 Å². The maximum atomic E-state index is 12.9. The van der Waals surface area contributed by atoms with Crippen molar-refractivity contribution in [3.8, 4) is 0 Å². The maximum absolute atomic E-state index is 12.9. The van der Waals surface area contributed by atoms with Gasteiger partial charge in [0.15, 0.2) is 0 Å². The van der Waals surface area contributed by atoms with Gasteiger partial charge in [0.05, 0.1) is 5.56 Å². The van der Waals surface area contributed by atoms with Crippen molar-refractivity contribution in [3.05, 3.63) is 29.3 Å². The Morgan fingerprint density at radius 1 is 1.22 bits per heavy atom. The maximum Gasteiger partial charge on any atom is 0.416 e. The van der Waals surface area contributed by atoms with Gasteiger partial charge in [-0.3, -0.25) is 0 Å². The molecule has 1 fully saturated rings. The molecule has 0 aliphatic carbocycles. The molecule has 1 aliphatic heterocycles. The Bertz CT molecular complexity index is 412. The van der Waals surface area contributed by atoms with Crippen LogP contribution in [0.3, 0.4) is 0 Å². The van der Waals surface area contributed by atoms with Crippen molar-refractivity contribution in [1.82, 2.24) is 5.32 Å². The zero-order chi connectivity index (χ0) is 13.2. The first-order valence-corrected chi connectivity index (χ1v) is 5.88. The van der Waals surface area contributed by atoms with Gasteiger partial charge >= 0.3 is 6.18 Å². The van der Waals surface area contributed by atoms with Gasteiger partial charge in [-0.1, -0.05) is 6.07 Å². The molecule has 18 heavy (non-hydrogen) atoms. The fourth-order valence-electron chi connectivity index (χ4n) is 2.13. The van der Waals surface area contributed by atoms with Gasteiger partial charge < -0.3 is 16.0 Å². The fourth-order valence-corrected chi connectivity index (χ4v) is 2.13. The summed E-state index contributed by atoms with van der Waals surface area (Å²) in [7, 11) is 0. The second kappa shape index (κ2) is 5.16. The number of rotatable bonds is 2. The number of anilines is 1. The molecule has 1 aromatic rings. The topological polar surface area (TPSA) is 41.3 Å². The molecular weight excluding hydrogens is 243 g/mol. The summed E-state index contributed by atoms with van der Waals surface area (Å²) in [5.74, 6) is 0. The van der Waals surface area contributed by atoms with Crippen molar-refractivity contribution in [3.63, 3.8) is 0 Å². The summed E-state index contributed by atoms with van der Waals surface area (Å²) in [6.45, 7) is 2.93. The van der Waals surface area contributed by atoms with E-state index in [1.807, 2.05) is 4.90 Å². The lowest BCUT2D eigenvalue weighted by Crippen LogP contribution is -2.43. The summed E-state index contributed by atoms with van der Waals surface area (Å²) < 4.78 is 38.7. The Balaban J connectivity index is 2.33. The fraction of sp³-hybridized carbons (Fsp3) is 0.500. The summed E-state index contributed by atoms with van der Waals surface area (Å²) in [5.41, 5.74) is 5.48. The molecule has 0 spiro atoms. The predicted octanol–water partition coefficient (Wildman–Crippen LogP) is 1.57. The first kappa shape index (κ1) is 13.2. The summed E-state index contributed by atoms with van der Waals surface area (Å²) in [4.78, 5) is 1.95. The van der Waals surface area contributed by atoms with Gasteiger partial charge in [-0.15, -0.1) is 0 Å². The third-order valence-corrected chi connectivity index (χ3v) is 3.10. The lowest BCUT2D eigenvalue weighted by molar-refractivity contribution is -0.138. The zero-order valence-electron chi connectivity index (χ0n) is 9.93. The molecule has 0 unspecified atom stereocenters. The zero-order valence-corrected chi connectivity index (χ0v) is 9.93.